The Labute approximate surface area is 164 Å². The van der Waals surface area contributed by atoms with E-state index in [4.69, 9.17) is 9.47 Å². The second-order valence-corrected chi connectivity index (χ2v) is 8.28. The van der Waals surface area contributed by atoms with Crippen LogP contribution in [-0.4, -0.2) is 52.7 Å². The molecule has 2 aromatic rings. The smallest absolute Gasteiger partial charge is 0.262 e. The van der Waals surface area contributed by atoms with Crippen LogP contribution in [0.25, 0.3) is 0 Å². The molecular formula is C19H22N2O6S. The number of anilines is 1. The minimum atomic E-state index is -3.62. The Morgan fingerprint density at radius 3 is 2.46 bits per heavy atom. The second kappa shape index (κ2) is 8.85. The highest BCUT2D eigenvalue weighted by Gasteiger charge is 2.19. The van der Waals surface area contributed by atoms with E-state index in [-0.39, 0.29) is 17.3 Å². The van der Waals surface area contributed by atoms with Gasteiger partial charge in [0.25, 0.3) is 5.91 Å². The monoisotopic (exact) mass is 406 g/mol. The Kier molecular flexibility index (Phi) is 6.76. The van der Waals surface area contributed by atoms with Gasteiger partial charge in [0.1, 0.15) is 6.29 Å². The second-order valence-electron chi connectivity index (χ2n) is 6.13. The van der Waals surface area contributed by atoms with Crippen molar-refractivity contribution in [2.75, 3.05) is 33.1 Å². The molecule has 150 valence electrons. The molecule has 9 heteroatoms. The van der Waals surface area contributed by atoms with Gasteiger partial charge in [0, 0.05) is 25.3 Å². The van der Waals surface area contributed by atoms with Gasteiger partial charge < -0.3 is 14.8 Å². The van der Waals surface area contributed by atoms with Crippen LogP contribution in [0.2, 0.25) is 0 Å². The third kappa shape index (κ3) is 4.87. The maximum Gasteiger partial charge on any atom is 0.262 e. The lowest BCUT2D eigenvalue weighted by molar-refractivity contribution is -0.118. The van der Waals surface area contributed by atoms with E-state index in [2.05, 4.69) is 5.32 Å². The molecule has 0 aliphatic rings. The number of aldehydes is 1. The maximum absolute atomic E-state index is 12.3. The predicted octanol–water partition coefficient (Wildman–Crippen LogP) is 2.08. The van der Waals surface area contributed by atoms with Gasteiger partial charge in [0.05, 0.1) is 12.0 Å². The first-order chi connectivity index (χ1) is 13.2. The molecule has 28 heavy (non-hydrogen) atoms. The number of methoxy groups -OCH3 is 1. The van der Waals surface area contributed by atoms with Gasteiger partial charge in [-0.1, -0.05) is 6.07 Å². The zero-order valence-electron chi connectivity index (χ0n) is 16.1. The highest BCUT2D eigenvalue weighted by Crippen LogP contribution is 2.28. The first-order valence-corrected chi connectivity index (χ1v) is 9.72. The highest BCUT2D eigenvalue weighted by atomic mass is 32.2. The van der Waals surface area contributed by atoms with Gasteiger partial charge in [0.15, 0.2) is 18.1 Å². The van der Waals surface area contributed by atoms with Crippen molar-refractivity contribution in [3.8, 4) is 11.5 Å². The average Bonchev–Trinajstić information content (AvgIpc) is 2.67. The van der Waals surface area contributed by atoms with Crippen molar-refractivity contribution in [3.05, 3.63) is 47.5 Å². The minimum absolute atomic E-state index is 0.0691. The van der Waals surface area contributed by atoms with Crippen LogP contribution in [0.4, 0.5) is 5.69 Å². The summed E-state index contributed by atoms with van der Waals surface area (Å²) >= 11 is 0. The van der Waals surface area contributed by atoms with Gasteiger partial charge >= 0.3 is 0 Å². The molecule has 1 amide bonds. The molecule has 0 aromatic heterocycles. The summed E-state index contributed by atoms with van der Waals surface area (Å²) in [5, 5.41) is 2.64. The van der Waals surface area contributed by atoms with Crippen LogP contribution in [-0.2, 0) is 14.8 Å². The van der Waals surface area contributed by atoms with Crippen molar-refractivity contribution in [2.45, 2.75) is 11.8 Å². The summed E-state index contributed by atoms with van der Waals surface area (Å²) in [5.41, 5.74) is 1.45. The summed E-state index contributed by atoms with van der Waals surface area (Å²) in [6, 6.07) is 9.09. The van der Waals surface area contributed by atoms with E-state index in [1.807, 2.05) is 0 Å². The fraction of sp³-hybridized carbons (Fsp3) is 0.263. The quantitative estimate of drug-likeness (QED) is 0.674. The number of nitrogens with one attached hydrogen (secondary N) is 1. The Hall–Kier alpha value is -2.91. The fourth-order valence-electron chi connectivity index (χ4n) is 2.32. The van der Waals surface area contributed by atoms with Crippen LogP contribution in [0.15, 0.2) is 41.3 Å². The molecule has 0 radical (unpaired) electrons. The first kappa shape index (κ1) is 21.4. The number of sulfonamides is 1. The van der Waals surface area contributed by atoms with E-state index in [9.17, 15) is 18.0 Å². The SMILES string of the molecule is COc1ccc(C=O)cc1OCC(=O)Nc1cc(S(=O)(=O)N(C)C)ccc1C. The molecule has 0 saturated carbocycles. The normalized spacial score (nSPS) is 11.2. The van der Waals surface area contributed by atoms with E-state index in [0.29, 0.717) is 28.8 Å². The number of carbonyl (C=O) groups excluding carboxylic acids is 2. The molecule has 2 aromatic carbocycles. The maximum atomic E-state index is 12.3. The standard InChI is InChI=1S/C19H22N2O6S/c1-13-5-7-15(28(24,25)21(2)3)10-16(13)20-19(23)12-27-18-9-14(11-22)6-8-17(18)26-4/h5-11H,12H2,1-4H3,(H,20,23). The number of hydrogen-bond acceptors (Lipinski definition) is 6. The average molecular weight is 406 g/mol. The number of hydrogen-bond donors (Lipinski definition) is 1. The highest BCUT2D eigenvalue weighted by molar-refractivity contribution is 7.89. The Morgan fingerprint density at radius 2 is 1.86 bits per heavy atom. The number of amides is 1. The molecule has 0 bridgehead atoms. The van der Waals surface area contributed by atoms with Crippen molar-refractivity contribution in [2.24, 2.45) is 0 Å². The number of benzene rings is 2. The molecule has 0 aliphatic heterocycles. The van der Waals surface area contributed by atoms with Gasteiger partial charge in [-0.3, -0.25) is 9.59 Å². The zero-order valence-corrected chi connectivity index (χ0v) is 16.9. The first-order valence-electron chi connectivity index (χ1n) is 8.28. The van der Waals surface area contributed by atoms with Gasteiger partial charge in [-0.05, 0) is 42.8 Å². The predicted molar refractivity (Wildman–Crippen MR) is 105 cm³/mol. The molecule has 1 N–H and O–H groups in total. The third-order valence-electron chi connectivity index (χ3n) is 3.94. The van der Waals surface area contributed by atoms with Crippen molar-refractivity contribution < 1.29 is 27.5 Å². The minimum Gasteiger partial charge on any atom is -0.493 e. The Bertz CT molecular complexity index is 986. The molecule has 0 saturated heterocycles. The Balaban J connectivity index is 2.15. The van der Waals surface area contributed by atoms with Gasteiger partial charge in [-0.2, -0.15) is 0 Å². The van der Waals surface area contributed by atoms with Crippen LogP contribution >= 0.6 is 0 Å². The van der Waals surface area contributed by atoms with Gasteiger partial charge in [0.2, 0.25) is 10.0 Å². The van der Waals surface area contributed by atoms with Gasteiger partial charge in [-0.15, -0.1) is 0 Å². The summed E-state index contributed by atoms with van der Waals surface area (Å²) < 4.78 is 36.2. The summed E-state index contributed by atoms with van der Waals surface area (Å²) in [4.78, 5) is 23.3. The number of rotatable bonds is 8. The summed E-state index contributed by atoms with van der Waals surface area (Å²) in [7, 11) is 0.690. The van der Waals surface area contributed by atoms with Crippen molar-refractivity contribution in [3.63, 3.8) is 0 Å². The summed E-state index contributed by atoms with van der Waals surface area (Å²) in [5.74, 6) is 0.151. The molecule has 0 fully saturated rings. The molecule has 0 spiro atoms. The van der Waals surface area contributed by atoms with E-state index < -0.39 is 15.9 Å². The largest absolute Gasteiger partial charge is 0.493 e. The zero-order chi connectivity index (χ0) is 20.9. The molecule has 0 aliphatic carbocycles. The van der Waals surface area contributed by atoms with Crippen molar-refractivity contribution in [1.29, 1.82) is 0 Å². The summed E-state index contributed by atoms with van der Waals surface area (Å²) in [6.07, 6.45) is 0.659. The van der Waals surface area contributed by atoms with E-state index in [1.165, 1.54) is 39.4 Å². The van der Waals surface area contributed by atoms with E-state index in [0.717, 1.165) is 4.31 Å². The van der Waals surface area contributed by atoms with E-state index in [1.54, 1.807) is 25.1 Å². The molecular weight excluding hydrogens is 384 g/mol. The topological polar surface area (TPSA) is 102 Å². The number of carbonyl (C=O) groups is 2. The number of ether oxygens (including phenoxy) is 2. The lowest BCUT2D eigenvalue weighted by atomic mass is 10.2. The van der Waals surface area contributed by atoms with Gasteiger partial charge in [-0.25, -0.2) is 12.7 Å². The van der Waals surface area contributed by atoms with Crippen LogP contribution in [0.1, 0.15) is 15.9 Å². The molecule has 0 atom stereocenters. The fourth-order valence-corrected chi connectivity index (χ4v) is 3.24. The van der Waals surface area contributed by atoms with Crippen LogP contribution in [0, 0.1) is 6.92 Å². The molecule has 0 heterocycles. The van der Waals surface area contributed by atoms with Crippen LogP contribution in [0.5, 0.6) is 11.5 Å². The van der Waals surface area contributed by atoms with E-state index >= 15 is 0 Å². The third-order valence-corrected chi connectivity index (χ3v) is 5.76. The lowest BCUT2D eigenvalue weighted by Gasteiger charge is -2.15. The molecule has 8 nitrogen and oxygen atoms in total. The van der Waals surface area contributed by atoms with Crippen LogP contribution < -0.4 is 14.8 Å². The lowest BCUT2D eigenvalue weighted by Crippen LogP contribution is -2.23. The van der Waals surface area contributed by atoms with Crippen molar-refractivity contribution in [1.82, 2.24) is 4.31 Å². The molecule has 0 unspecified atom stereocenters. The van der Waals surface area contributed by atoms with Crippen LogP contribution in [0.3, 0.4) is 0 Å². The summed E-state index contributed by atoms with van der Waals surface area (Å²) in [6.45, 7) is 1.40. The Morgan fingerprint density at radius 1 is 1.14 bits per heavy atom. The number of aryl methyl sites for hydroxylation is 1. The van der Waals surface area contributed by atoms with Crippen molar-refractivity contribution >= 4 is 27.9 Å². The number of nitrogens with zero attached hydrogens (tertiary/aromatic N) is 1. The molecule has 2 rings (SSSR count).